The SMILES string of the molecule is Cc1cc(C)c2c(N3CCCO[C@H](CN4CCCC4)C3)ncnc2n1. The molecule has 2 aromatic rings. The van der Waals surface area contributed by atoms with Gasteiger partial charge < -0.3 is 14.5 Å². The number of nitrogens with zero attached hydrogens (tertiary/aromatic N) is 5. The number of anilines is 1. The smallest absolute Gasteiger partial charge is 0.165 e. The summed E-state index contributed by atoms with van der Waals surface area (Å²) in [6, 6.07) is 2.12. The second-order valence-electron chi connectivity index (χ2n) is 7.28. The van der Waals surface area contributed by atoms with Crippen LogP contribution in [0.15, 0.2) is 12.4 Å². The molecule has 4 heterocycles. The summed E-state index contributed by atoms with van der Waals surface area (Å²) in [5.41, 5.74) is 2.99. The molecule has 6 heteroatoms. The first-order valence-electron chi connectivity index (χ1n) is 9.38. The molecule has 0 unspecified atom stereocenters. The van der Waals surface area contributed by atoms with Gasteiger partial charge in [0, 0.05) is 31.9 Å². The van der Waals surface area contributed by atoms with E-state index in [-0.39, 0.29) is 6.10 Å². The molecule has 0 aromatic carbocycles. The number of likely N-dealkylation sites (tertiary alicyclic amines) is 1. The molecule has 0 amide bonds. The van der Waals surface area contributed by atoms with Gasteiger partial charge in [0.25, 0.3) is 0 Å². The van der Waals surface area contributed by atoms with Crippen molar-refractivity contribution in [1.82, 2.24) is 19.9 Å². The average Bonchev–Trinajstić information content (AvgIpc) is 2.98. The lowest BCUT2D eigenvalue weighted by Gasteiger charge is -2.28. The Kier molecular flexibility index (Phi) is 4.81. The van der Waals surface area contributed by atoms with E-state index >= 15 is 0 Å². The quantitative estimate of drug-likeness (QED) is 0.854. The van der Waals surface area contributed by atoms with E-state index in [1.807, 2.05) is 6.92 Å². The van der Waals surface area contributed by atoms with Crippen LogP contribution in [-0.4, -0.2) is 65.3 Å². The minimum Gasteiger partial charge on any atom is -0.375 e. The van der Waals surface area contributed by atoms with Gasteiger partial charge in [0.1, 0.15) is 12.1 Å². The summed E-state index contributed by atoms with van der Waals surface area (Å²) in [6.07, 6.45) is 5.55. The van der Waals surface area contributed by atoms with E-state index in [4.69, 9.17) is 4.74 Å². The van der Waals surface area contributed by atoms with Crippen LogP contribution in [0.5, 0.6) is 0 Å². The molecular weight excluding hydrogens is 314 g/mol. The summed E-state index contributed by atoms with van der Waals surface area (Å²) in [5, 5.41) is 1.08. The van der Waals surface area contributed by atoms with E-state index in [9.17, 15) is 0 Å². The van der Waals surface area contributed by atoms with Gasteiger partial charge in [0.05, 0.1) is 11.5 Å². The first kappa shape index (κ1) is 16.7. The zero-order valence-corrected chi connectivity index (χ0v) is 15.2. The van der Waals surface area contributed by atoms with E-state index in [1.54, 1.807) is 6.33 Å². The Morgan fingerprint density at radius 3 is 2.80 bits per heavy atom. The highest BCUT2D eigenvalue weighted by Gasteiger charge is 2.25. The van der Waals surface area contributed by atoms with Crippen molar-refractivity contribution in [3.63, 3.8) is 0 Å². The number of aryl methyl sites for hydroxylation is 2. The van der Waals surface area contributed by atoms with Crippen LogP contribution in [0, 0.1) is 13.8 Å². The molecule has 0 N–H and O–H groups in total. The number of ether oxygens (including phenoxy) is 1. The number of aromatic nitrogens is 3. The summed E-state index contributed by atoms with van der Waals surface area (Å²) < 4.78 is 6.14. The highest BCUT2D eigenvalue weighted by Crippen LogP contribution is 2.27. The molecule has 0 saturated carbocycles. The molecular formula is C19H27N5O. The first-order chi connectivity index (χ1) is 12.2. The molecule has 2 fully saturated rings. The van der Waals surface area contributed by atoms with Crippen LogP contribution in [0.25, 0.3) is 11.0 Å². The monoisotopic (exact) mass is 341 g/mol. The number of hydrogen-bond acceptors (Lipinski definition) is 6. The summed E-state index contributed by atoms with van der Waals surface area (Å²) in [6.45, 7) is 10.3. The second kappa shape index (κ2) is 7.22. The third-order valence-electron chi connectivity index (χ3n) is 5.22. The van der Waals surface area contributed by atoms with Crippen LogP contribution in [0.4, 0.5) is 5.82 Å². The molecule has 2 aliphatic heterocycles. The van der Waals surface area contributed by atoms with Gasteiger partial charge in [-0.1, -0.05) is 0 Å². The molecule has 0 radical (unpaired) electrons. The molecule has 6 nitrogen and oxygen atoms in total. The second-order valence-corrected chi connectivity index (χ2v) is 7.28. The Morgan fingerprint density at radius 1 is 1.12 bits per heavy atom. The minimum absolute atomic E-state index is 0.240. The number of rotatable bonds is 3. The van der Waals surface area contributed by atoms with E-state index < -0.39 is 0 Å². The van der Waals surface area contributed by atoms with Crippen LogP contribution in [0.3, 0.4) is 0 Å². The third kappa shape index (κ3) is 3.60. The van der Waals surface area contributed by atoms with Crippen molar-refractivity contribution in [3.05, 3.63) is 23.7 Å². The van der Waals surface area contributed by atoms with Gasteiger partial charge in [0.2, 0.25) is 0 Å². The maximum Gasteiger partial charge on any atom is 0.165 e. The lowest BCUT2D eigenvalue weighted by atomic mass is 10.1. The minimum atomic E-state index is 0.240. The number of fused-ring (bicyclic) bond motifs is 1. The zero-order chi connectivity index (χ0) is 17.2. The molecule has 0 aliphatic carbocycles. The van der Waals surface area contributed by atoms with Gasteiger partial charge in [-0.25, -0.2) is 15.0 Å². The average molecular weight is 341 g/mol. The normalized spacial score (nSPS) is 22.5. The fraction of sp³-hybridized carbons (Fsp3) is 0.632. The van der Waals surface area contributed by atoms with Crippen LogP contribution >= 0.6 is 0 Å². The molecule has 2 aromatic heterocycles. The van der Waals surface area contributed by atoms with Crippen molar-refractivity contribution >= 4 is 16.9 Å². The summed E-state index contributed by atoms with van der Waals surface area (Å²) in [4.78, 5) is 18.5. The third-order valence-corrected chi connectivity index (χ3v) is 5.22. The van der Waals surface area contributed by atoms with Crippen molar-refractivity contribution in [2.24, 2.45) is 0 Å². The van der Waals surface area contributed by atoms with Gasteiger partial charge >= 0.3 is 0 Å². The predicted octanol–water partition coefficient (Wildman–Crippen LogP) is 2.33. The largest absolute Gasteiger partial charge is 0.375 e. The Hall–Kier alpha value is -1.79. The standard InChI is InChI=1S/C19H27N5O/c1-14-10-15(2)22-18-17(14)19(21-13-20-18)24-8-5-9-25-16(12-24)11-23-6-3-4-7-23/h10,13,16H,3-9,11-12H2,1-2H3/t16-/m1/s1. The van der Waals surface area contributed by atoms with Crippen molar-refractivity contribution in [2.75, 3.05) is 44.2 Å². The van der Waals surface area contributed by atoms with Gasteiger partial charge in [0.15, 0.2) is 5.65 Å². The number of pyridine rings is 1. The van der Waals surface area contributed by atoms with Crippen LogP contribution in [0.1, 0.15) is 30.5 Å². The highest BCUT2D eigenvalue weighted by atomic mass is 16.5. The maximum absolute atomic E-state index is 6.14. The fourth-order valence-electron chi connectivity index (χ4n) is 4.08. The van der Waals surface area contributed by atoms with Crippen molar-refractivity contribution in [1.29, 1.82) is 0 Å². The van der Waals surface area contributed by atoms with Crippen molar-refractivity contribution < 1.29 is 4.74 Å². The van der Waals surface area contributed by atoms with E-state index in [0.717, 1.165) is 55.2 Å². The van der Waals surface area contributed by atoms with E-state index in [2.05, 4.69) is 37.7 Å². The van der Waals surface area contributed by atoms with Gasteiger partial charge in [-0.2, -0.15) is 0 Å². The summed E-state index contributed by atoms with van der Waals surface area (Å²) in [7, 11) is 0. The van der Waals surface area contributed by atoms with Crippen molar-refractivity contribution in [2.45, 2.75) is 39.2 Å². The Bertz CT molecular complexity index is 744. The molecule has 2 aliphatic rings. The van der Waals surface area contributed by atoms with Crippen LogP contribution < -0.4 is 4.90 Å². The Morgan fingerprint density at radius 2 is 1.96 bits per heavy atom. The van der Waals surface area contributed by atoms with Crippen molar-refractivity contribution in [3.8, 4) is 0 Å². The van der Waals surface area contributed by atoms with E-state index in [0.29, 0.717) is 0 Å². The molecule has 0 bridgehead atoms. The van der Waals surface area contributed by atoms with Crippen LogP contribution in [0.2, 0.25) is 0 Å². The van der Waals surface area contributed by atoms with Gasteiger partial charge in [-0.05, 0) is 57.8 Å². The zero-order valence-electron chi connectivity index (χ0n) is 15.2. The van der Waals surface area contributed by atoms with Gasteiger partial charge in [-0.15, -0.1) is 0 Å². The molecule has 2 saturated heterocycles. The van der Waals surface area contributed by atoms with E-state index in [1.165, 1.54) is 31.5 Å². The summed E-state index contributed by atoms with van der Waals surface area (Å²) >= 11 is 0. The lowest BCUT2D eigenvalue weighted by molar-refractivity contribution is 0.0450. The molecule has 134 valence electrons. The number of hydrogen-bond donors (Lipinski definition) is 0. The molecule has 25 heavy (non-hydrogen) atoms. The molecule has 4 rings (SSSR count). The maximum atomic E-state index is 6.14. The Labute approximate surface area is 149 Å². The fourth-order valence-corrected chi connectivity index (χ4v) is 4.08. The highest BCUT2D eigenvalue weighted by molar-refractivity contribution is 5.90. The molecule has 1 atom stereocenters. The van der Waals surface area contributed by atoms with Gasteiger partial charge in [-0.3, -0.25) is 0 Å². The molecule has 0 spiro atoms. The first-order valence-corrected chi connectivity index (χ1v) is 9.38. The lowest BCUT2D eigenvalue weighted by Crippen LogP contribution is -2.39. The predicted molar refractivity (Wildman–Crippen MR) is 99.1 cm³/mol. The topological polar surface area (TPSA) is 54.4 Å². The van der Waals surface area contributed by atoms with Crippen LogP contribution in [-0.2, 0) is 4.74 Å². The Balaban J connectivity index is 1.62. The summed E-state index contributed by atoms with van der Waals surface area (Å²) in [5.74, 6) is 1.01.